The fourth-order valence-corrected chi connectivity index (χ4v) is 3.98. The van der Waals surface area contributed by atoms with Crippen LogP contribution >= 0.6 is 27.3 Å². The molecule has 1 aromatic rings. The van der Waals surface area contributed by atoms with Crippen molar-refractivity contribution in [3.8, 4) is 0 Å². The van der Waals surface area contributed by atoms with E-state index >= 15 is 0 Å². The smallest absolute Gasteiger partial charge is 0.0871 e. The van der Waals surface area contributed by atoms with E-state index in [1.54, 1.807) is 11.3 Å². The molecule has 0 spiro atoms. The zero-order chi connectivity index (χ0) is 12.9. The minimum Gasteiger partial charge on any atom is -0.373 e. The molecule has 0 radical (unpaired) electrons. The minimum absolute atomic E-state index is 0.118. The monoisotopic (exact) mass is 319 g/mol. The Morgan fingerprint density at radius 1 is 1.35 bits per heavy atom. The van der Waals surface area contributed by atoms with Gasteiger partial charge in [-0.25, -0.2) is 0 Å². The molecular formula is C13H22BrNOS. The Morgan fingerprint density at radius 2 is 2.00 bits per heavy atom. The largest absolute Gasteiger partial charge is 0.373 e. The van der Waals surface area contributed by atoms with Crippen LogP contribution in [-0.2, 0) is 4.74 Å². The van der Waals surface area contributed by atoms with E-state index in [1.165, 1.54) is 10.0 Å². The van der Waals surface area contributed by atoms with Crippen molar-refractivity contribution in [2.75, 3.05) is 13.7 Å². The molecule has 1 atom stereocenters. The van der Waals surface area contributed by atoms with Gasteiger partial charge in [0.15, 0.2) is 0 Å². The Hall–Kier alpha value is 0.100. The predicted molar refractivity (Wildman–Crippen MR) is 78.8 cm³/mol. The third-order valence-electron chi connectivity index (χ3n) is 3.40. The van der Waals surface area contributed by atoms with Crippen molar-refractivity contribution >= 4 is 27.3 Å². The molecule has 0 bridgehead atoms. The summed E-state index contributed by atoms with van der Waals surface area (Å²) < 4.78 is 7.25. The number of rotatable bonds is 7. The van der Waals surface area contributed by atoms with E-state index in [0.717, 1.165) is 19.4 Å². The molecule has 98 valence electrons. The van der Waals surface area contributed by atoms with Crippen LogP contribution in [0, 0.1) is 0 Å². The topological polar surface area (TPSA) is 21.3 Å². The van der Waals surface area contributed by atoms with Gasteiger partial charge in [-0.1, -0.05) is 13.8 Å². The second-order valence-electron chi connectivity index (χ2n) is 4.10. The zero-order valence-electron chi connectivity index (χ0n) is 11.0. The minimum atomic E-state index is -0.118. The molecule has 0 saturated heterocycles. The van der Waals surface area contributed by atoms with Gasteiger partial charge in [-0.3, -0.25) is 0 Å². The highest BCUT2D eigenvalue weighted by molar-refractivity contribution is 9.10. The van der Waals surface area contributed by atoms with Gasteiger partial charge in [0, 0.05) is 16.5 Å². The number of thiophene rings is 1. The van der Waals surface area contributed by atoms with E-state index < -0.39 is 0 Å². The average Bonchev–Trinajstić information content (AvgIpc) is 2.75. The van der Waals surface area contributed by atoms with Crippen LogP contribution in [0.15, 0.2) is 15.2 Å². The molecule has 0 aromatic carbocycles. The molecule has 1 N–H and O–H groups in total. The van der Waals surface area contributed by atoms with E-state index in [1.807, 2.05) is 7.05 Å². The van der Waals surface area contributed by atoms with E-state index in [2.05, 4.69) is 52.8 Å². The fraction of sp³-hybridized carbons (Fsp3) is 0.692. The van der Waals surface area contributed by atoms with Gasteiger partial charge in [-0.05, 0) is 53.7 Å². The average molecular weight is 320 g/mol. The molecule has 0 aliphatic rings. The summed E-state index contributed by atoms with van der Waals surface area (Å²) in [4.78, 5) is 0. The summed E-state index contributed by atoms with van der Waals surface area (Å²) in [7, 11) is 2.01. The van der Waals surface area contributed by atoms with Crippen molar-refractivity contribution in [2.24, 2.45) is 0 Å². The second kappa shape index (κ2) is 6.88. The molecule has 1 aromatic heterocycles. The number of hydrogen-bond donors (Lipinski definition) is 1. The summed E-state index contributed by atoms with van der Waals surface area (Å²) in [5.74, 6) is 0. The van der Waals surface area contributed by atoms with Crippen LogP contribution in [0.25, 0.3) is 0 Å². The van der Waals surface area contributed by atoms with Crippen molar-refractivity contribution in [3.63, 3.8) is 0 Å². The maximum atomic E-state index is 6.08. The molecule has 0 aliphatic heterocycles. The third kappa shape index (κ3) is 3.11. The Bertz CT molecular complexity index is 336. The highest BCUT2D eigenvalue weighted by Crippen LogP contribution is 2.39. The predicted octanol–water partition coefficient (Wildman–Crippen LogP) is 4.37. The fourth-order valence-electron chi connectivity index (χ4n) is 2.43. The summed E-state index contributed by atoms with van der Waals surface area (Å²) in [6.45, 7) is 7.21. The first kappa shape index (κ1) is 15.2. The number of ether oxygens (including phenoxy) is 1. The van der Waals surface area contributed by atoms with Crippen LogP contribution in [0.3, 0.4) is 0 Å². The molecule has 0 amide bonds. The van der Waals surface area contributed by atoms with Gasteiger partial charge >= 0.3 is 0 Å². The van der Waals surface area contributed by atoms with E-state index in [-0.39, 0.29) is 11.6 Å². The molecule has 17 heavy (non-hydrogen) atoms. The number of likely N-dealkylation sites (N-methyl/N-ethyl adjacent to an activating group) is 1. The van der Waals surface area contributed by atoms with Crippen LogP contribution in [0.4, 0.5) is 0 Å². The summed E-state index contributed by atoms with van der Waals surface area (Å²) >= 11 is 5.35. The van der Waals surface area contributed by atoms with Crippen LogP contribution < -0.4 is 5.32 Å². The standard InChI is InChI=1S/C13H22BrNOS/c1-5-13(6-2,16-7-3)12(15-4)10-8-17-9-11(10)14/h8-9,12,15H,5-7H2,1-4H3. The molecule has 1 heterocycles. The van der Waals surface area contributed by atoms with Crippen LogP contribution in [-0.4, -0.2) is 19.3 Å². The van der Waals surface area contributed by atoms with Gasteiger partial charge < -0.3 is 10.1 Å². The first-order valence-corrected chi connectivity index (χ1v) is 7.91. The lowest BCUT2D eigenvalue weighted by Crippen LogP contribution is -2.44. The van der Waals surface area contributed by atoms with Gasteiger partial charge in [0.05, 0.1) is 11.6 Å². The first-order chi connectivity index (χ1) is 8.15. The summed E-state index contributed by atoms with van der Waals surface area (Å²) in [6, 6.07) is 0.234. The number of nitrogens with one attached hydrogen (secondary N) is 1. The molecule has 0 saturated carbocycles. The summed E-state index contributed by atoms with van der Waals surface area (Å²) in [5, 5.41) is 7.75. The molecular weight excluding hydrogens is 298 g/mol. The molecule has 1 rings (SSSR count). The van der Waals surface area contributed by atoms with Crippen LogP contribution in [0.2, 0.25) is 0 Å². The maximum absolute atomic E-state index is 6.08. The molecule has 4 heteroatoms. The van der Waals surface area contributed by atoms with Gasteiger partial charge in [0.2, 0.25) is 0 Å². The lowest BCUT2D eigenvalue weighted by atomic mass is 9.85. The normalized spacial score (nSPS) is 13.9. The Labute approximate surface area is 117 Å². The summed E-state index contributed by atoms with van der Waals surface area (Å²) in [6.07, 6.45) is 2.01. The van der Waals surface area contributed by atoms with Crippen molar-refractivity contribution < 1.29 is 4.74 Å². The molecule has 0 fully saturated rings. The van der Waals surface area contributed by atoms with Crippen molar-refractivity contribution in [2.45, 2.75) is 45.3 Å². The van der Waals surface area contributed by atoms with Crippen molar-refractivity contribution in [1.82, 2.24) is 5.32 Å². The Morgan fingerprint density at radius 3 is 2.35 bits per heavy atom. The maximum Gasteiger partial charge on any atom is 0.0871 e. The van der Waals surface area contributed by atoms with Crippen LogP contribution in [0.1, 0.15) is 45.2 Å². The van der Waals surface area contributed by atoms with Crippen molar-refractivity contribution in [3.05, 3.63) is 20.8 Å². The Balaban J connectivity index is 3.09. The third-order valence-corrected chi connectivity index (χ3v) is 5.15. The SMILES string of the molecule is CCOC(CC)(CC)C(NC)c1cscc1Br. The lowest BCUT2D eigenvalue weighted by Gasteiger charge is -2.39. The highest BCUT2D eigenvalue weighted by Gasteiger charge is 2.37. The van der Waals surface area contributed by atoms with Gasteiger partial charge in [0.1, 0.15) is 0 Å². The van der Waals surface area contributed by atoms with Gasteiger partial charge in [-0.15, -0.1) is 0 Å². The summed E-state index contributed by atoms with van der Waals surface area (Å²) in [5.41, 5.74) is 1.18. The molecule has 0 aliphatic carbocycles. The van der Waals surface area contributed by atoms with Crippen molar-refractivity contribution in [1.29, 1.82) is 0 Å². The second-order valence-corrected chi connectivity index (χ2v) is 5.70. The highest BCUT2D eigenvalue weighted by atomic mass is 79.9. The van der Waals surface area contributed by atoms with Crippen LogP contribution in [0.5, 0.6) is 0 Å². The molecule has 2 nitrogen and oxygen atoms in total. The quantitative estimate of drug-likeness (QED) is 0.806. The number of halogens is 1. The van der Waals surface area contributed by atoms with E-state index in [9.17, 15) is 0 Å². The van der Waals surface area contributed by atoms with E-state index in [0.29, 0.717) is 0 Å². The van der Waals surface area contributed by atoms with Gasteiger partial charge in [0.25, 0.3) is 0 Å². The Kier molecular flexibility index (Phi) is 6.13. The zero-order valence-corrected chi connectivity index (χ0v) is 13.5. The van der Waals surface area contributed by atoms with Gasteiger partial charge in [-0.2, -0.15) is 11.3 Å². The lowest BCUT2D eigenvalue weighted by molar-refractivity contribution is -0.0718. The number of hydrogen-bond acceptors (Lipinski definition) is 3. The molecule has 1 unspecified atom stereocenters. The van der Waals surface area contributed by atoms with E-state index in [4.69, 9.17) is 4.74 Å². The first-order valence-electron chi connectivity index (χ1n) is 6.17.